The van der Waals surface area contributed by atoms with E-state index in [0.717, 1.165) is 58.5 Å². The van der Waals surface area contributed by atoms with Crippen molar-refractivity contribution in [2.24, 2.45) is 0 Å². The van der Waals surface area contributed by atoms with E-state index in [-0.39, 0.29) is 17.9 Å². The largest absolute Gasteiger partial charge is 0.369 e. The maximum Gasteiger partial charge on any atom is 0.222 e. The third-order valence-corrected chi connectivity index (χ3v) is 6.09. The maximum absolute atomic E-state index is 12.5. The number of nitrogens with one attached hydrogen (secondary N) is 1. The van der Waals surface area contributed by atoms with Crippen molar-refractivity contribution in [3.05, 3.63) is 29.8 Å². The Morgan fingerprint density at radius 2 is 1.90 bits per heavy atom. The highest BCUT2D eigenvalue weighted by Gasteiger charge is 2.23. The first-order chi connectivity index (χ1) is 14.0. The number of rotatable bonds is 6. The second kappa shape index (κ2) is 10.6. The van der Waals surface area contributed by atoms with Crippen LogP contribution in [0.4, 0.5) is 5.69 Å². The number of piperazine rings is 1. The van der Waals surface area contributed by atoms with Gasteiger partial charge in [0, 0.05) is 70.4 Å². The minimum Gasteiger partial charge on any atom is -0.369 e. The molecule has 2 amide bonds. The van der Waals surface area contributed by atoms with Crippen molar-refractivity contribution in [1.29, 1.82) is 0 Å². The van der Waals surface area contributed by atoms with Crippen LogP contribution in [0.25, 0.3) is 0 Å². The Labute approximate surface area is 175 Å². The third kappa shape index (κ3) is 6.46. The summed E-state index contributed by atoms with van der Waals surface area (Å²) in [7, 11) is 0. The van der Waals surface area contributed by atoms with E-state index in [1.165, 1.54) is 11.3 Å². The topological polar surface area (TPSA) is 55.9 Å². The van der Waals surface area contributed by atoms with Crippen molar-refractivity contribution >= 4 is 17.5 Å². The lowest BCUT2D eigenvalue weighted by Gasteiger charge is -2.36. The molecule has 0 bridgehead atoms. The lowest BCUT2D eigenvalue weighted by molar-refractivity contribution is -0.131. The van der Waals surface area contributed by atoms with Gasteiger partial charge >= 0.3 is 0 Å². The van der Waals surface area contributed by atoms with E-state index in [2.05, 4.69) is 46.3 Å². The fourth-order valence-corrected chi connectivity index (χ4v) is 4.32. The number of anilines is 1. The van der Waals surface area contributed by atoms with Gasteiger partial charge in [0.2, 0.25) is 11.8 Å². The first-order valence-electron chi connectivity index (χ1n) is 11.2. The van der Waals surface area contributed by atoms with Gasteiger partial charge in [-0.1, -0.05) is 19.1 Å². The molecule has 0 saturated carbocycles. The van der Waals surface area contributed by atoms with Gasteiger partial charge in [0.1, 0.15) is 0 Å². The van der Waals surface area contributed by atoms with Gasteiger partial charge in [0.05, 0.1) is 0 Å². The lowest BCUT2D eigenvalue weighted by atomic mass is 10.1. The van der Waals surface area contributed by atoms with E-state index in [9.17, 15) is 9.59 Å². The number of amides is 2. The van der Waals surface area contributed by atoms with Crippen LogP contribution in [0.2, 0.25) is 0 Å². The fourth-order valence-electron chi connectivity index (χ4n) is 4.32. The molecule has 0 spiro atoms. The van der Waals surface area contributed by atoms with Crippen LogP contribution in [0.15, 0.2) is 24.3 Å². The first kappa shape index (κ1) is 21.6. The second-order valence-electron chi connectivity index (χ2n) is 8.37. The number of likely N-dealkylation sites (tertiary alicyclic amines) is 1. The van der Waals surface area contributed by atoms with Crippen molar-refractivity contribution in [2.75, 3.05) is 50.7 Å². The highest BCUT2D eigenvalue weighted by Crippen LogP contribution is 2.18. The minimum atomic E-state index is 0.0960. The van der Waals surface area contributed by atoms with Crippen molar-refractivity contribution in [3.8, 4) is 0 Å². The predicted octanol–water partition coefficient (Wildman–Crippen LogP) is 2.41. The number of nitrogens with zero attached hydrogens (tertiary/aromatic N) is 3. The first-order valence-corrected chi connectivity index (χ1v) is 11.2. The average Bonchev–Trinajstić information content (AvgIpc) is 2.97. The van der Waals surface area contributed by atoms with Crippen LogP contribution in [0, 0.1) is 6.92 Å². The summed E-state index contributed by atoms with van der Waals surface area (Å²) in [4.78, 5) is 31.2. The maximum atomic E-state index is 12.5. The van der Waals surface area contributed by atoms with Crippen molar-refractivity contribution in [3.63, 3.8) is 0 Å². The molecule has 1 atom stereocenters. The fraction of sp³-hybridized carbons (Fsp3) is 0.652. The normalized spacial score (nSPS) is 21.0. The monoisotopic (exact) mass is 400 g/mol. The van der Waals surface area contributed by atoms with Crippen LogP contribution in [0.3, 0.4) is 0 Å². The molecule has 2 heterocycles. The van der Waals surface area contributed by atoms with Crippen LogP contribution in [0.1, 0.15) is 44.6 Å². The zero-order valence-corrected chi connectivity index (χ0v) is 18.0. The van der Waals surface area contributed by atoms with Gasteiger partial charge in [-0.15, -0.1) is 0 Å². The summed E-state index contributed by atoms with van der Waals surface area (Å²) in [6.07, 6.45) is 4.13. The quantitative estimate of drug-likeness (QED) is 0.797. The molecule has 160 valence electrons. The van der Waals surface area contributed by atoms with Crippen molar-refractivity contribution in [2.45, 2.75) is 52.0 Å². The number of aryl methyl sites for hydroxylation is 1. The number of benzene rings is 1. The second-order valence-corrected chi connectivity index (χ2v) is 8.37. The molecule has 1 N–H and O–H groups in total. The molecule has 2 aliphatic rings. The summed E-state index contributed by atoms with van der Waals surface area (Å²) in [5.41, 5.74) is 2.58. The average molecular weight is 401 g/mol. The van der Waals surface area contributed by atoms with E-state index in [1.54, 1.807) is 0 Å². The van der Waals surface area contributed by atoms with Gasteiger partial charge in [-0.25, -0.2) is 0 Å². The molecular weight excluding hydrogens is 364 g/mol. The molecule has 6 heteroatoms. The van der Waals surface area contributed by atoms with E-state index < -0.39 is 0 Å². The zero-order valence-electron chi connectivity index (χ0n) is 18.0. The summed E-state index contributed by atoms with van der Waals surface area (Å²) >= 11 is 0. The Bertz CT molecular complexity index is 685. The smallest absolute Gasteiger partial charge is 0.222 e. The molecule has 0 aromatic heterocycles. The Morgan fingerprint density at radius 1 is 1.10 bits per heavy atom. The number of hydrogen-bond acceptors (Lipinski definition) is 4. The summed E-state index contributed by atoms with van der Waals surface area (Å²) < 4.78 is 0. The van der Waals surface area contributed by atoms with Crippen LogP contribution < -0.4 is 10.2 Å². The zero-order chi connectivity index (χ0) is 20.6. The van der Waals surface area contributed by atoms with E-state index in [4.69, 9.17) is 0 Å². The van der Waals surface area contributed by atoms with Gasteiger partial charge < -0.3 is 15.1 Å². The summed E-state index contributed by atoms with van der Waals surface area (Å²) in [6.45, 7) is 10.3. The number of hydrogen-bond donors (Lipinski definition) is 1. The van der Waals surface area contributed by atoms with Crippen molar-refractivity contribution in [1.82, 2.24) is 15.1 Å². The summed E-state index contributed by atoms with van der Waals surface area (Å²) in [6, 6.07) is 8.75. The van der Waals surface area contributed by atoms with Gasteiger partial charge in [0.15, 0.2) is 0 Å². The summed E-state index contributed by atoms with van der Waals surface area (Å²) in [5.74, 6) is 0.305. The molecule has 2 saturated heterocycles. The van der Waals surface area contributed by atoms with Gasteiger partial charge in [-0.3, -0.25) is 14.5 Å². The Morgan fingerprint density at radius 3 is 2.62 bits per heavy atom. The van der Waals surface area contributed by atoms with Gasteiger partial charge in [-0.05, 0) is 43.9 Å². The number of carbonyl (C=O) groups excluding carboxylic acids is 2. The molecule has 29 heavy (non-hydrogen) atoms. The van der Waals surface area contributed by atoms with E-state index in [0.29, 0.717) is 19.4 Å². The molecule has 0 unspecified atom stereocenters. The highest BCUT2D eigenvalue weighted by molar-refractivity contribution is 5.77. The molecule has 2 fully saturated rings. The SMILES string of the molecule is CCC(=O)N1CCCC[C@@H](NC(=O)CCN2CCN(c3cccc(C)c3)CC2)C1. The molecule has 1 aromatic carbocycles. The molecule has 0 aliphatic carbocycles. The van der Waals surface area contributed by atoms with Crippen LogP contribution >= 0.6 is 0 Å². The molecule has 0 radical (unpaired) electrons. The standard InChI is InChI=1S/C23H36N4O2/c1-3-23(29)27-11-5-4-8-20(18-27)24-22(28)10-12-25-13-15-26(16-14-25)21-9-6-7-19(2)17-21/h6-7,9,17,20H,3-5,8,10-16,18H2,1-2H3,(H,24,28)/t20-/m1/s1. The number of carbonyl (C=O) groups is 2. The highest BCUT2D eigenvalue weighted by atomic mass is 16.2. The van der Waals surface area contributed by atoms with Crippen LogP contribution in [-0.4, -0.2) is 73.5 Å². The molecule has 3 rings (SSSR count). The molecular formula is C23H36N4O2. The van der Waals surface area contributed by atoms with Crippen LogP contribution in [0.5, 0.6) is 0 Å². The van der Waals surface area contributed by atoms with Gasteiger partial charge in [-0.2, -0.15) is 0 Å². The minimum absolute atomic E-state index is 0.0960. The third-order valence-electron chi connectivity index (χ3n) is 6.09. The van der Waals surface area contributed by atoms with E-state index in [1.807, 2.05) is 11.8 Å². The molecule has 1 aromatic rings. The van der Waals surface area contributed by atoms with Crippen molar-refractivity contribution < 1.29 is 9.59 Å². The Balaban J connectivity index is 1.39. The lowest BCUT2D eigenvalue weighted by Crippen LogP contribution is -2.48. The molecule has 2 aliphatic heterocycles. The van der Waals surface area contributed by atoms with Gasteiger partial charge in [0.25, 0.3) is 0 Å². The molecule has 6 nitrogen and oxygen atoms in total. The Hall–Kier alpha value is -2.08. The predicted molar refractivity (Wildman–Crippen MR) is 117 cm³/mol. The Kier molecular flexibility index (Phi) is 7.92. The van der Waals surface area contributed by atoms with E-state index >= 15 is 0 Å². The summed E-state index contributed by atoms with van der Waals surface area (Å²) in [5, 5.41) is 3.18. The van der Waals surface area contributed by atoms with Crippen LogP contribution in [-0.2, 0) is 9.59 Å².